The van der Waals surface area contributed by atoms with E-state index in [4.69, 9.17) is 18.9 Å². The van der Waals surface area contributed by atoms with Gasteiger partial charge in [0.05, 0.1) is 34.5 Å². The number of morpholine rings is 1. The molecule has 0 radical (unpaired) electrons. The molecule has 1 aliphatic heterocycles. The predicted molar refractivity (Wildman–Crippen MR) is 120 cm³/mol. The smallest absolute Gasteiger partial charge is 0.248 e. The van der Waals surface area contributed by atoms with Crippen LogP contribution in [0, 0.1) is 0 Å². The lowest BCUT2D eigenvalue weighted by molar-refractivity contribution is -0.111. The van der Waals surface area contributed by atoms with Crippen molar-refractivity contribution in [3.8, 4) is 17.2 Å². The van der Waals surface area contributed by atoms with Crippen molar-refractivity contribution in [3.63, 3.8) is 0 Å². The third-order valence-electron chi connectivity index (χ3n) is 4.87. The Labute approximate surface area is 187 Å². The summed E-state index contributed by atoms with van der Waals surface area (Å²) >= 11 is 0. The maximum absolute atomic E-state index is 13.1. The zero-order valence-corrected chi connectivity index (χ0v) is 19.0. The van der Waals surface area contributed by atoms with E-state index in [9.17, 15) is 13.2 Å². The average Bonchev–Trinajstić information content (AvgIpc) is 2.83. The molecule has 0 aromatic heterocycles. The first kappa shape index (κ1) is 23.6. The molecule has 1 aliphatic rings. The maximum atomic E-state index is 13.1. The number of methoxy groups -OCH3 is 3. The van der Waals surface area contributed by atoms with Crippen LogP contribution in [0.4, 0.5) is 5.69 Å². The largest absolute Gasteiger partial charge is 0.497 e. The Bertz CT molecular complexity index is 1090. The van der Waals surface area contributed by atoms with E-state index in [-0.39, 0.29) is 23.7 Å². The van der Waals surface area contributed by atoms with Gasteiger partial charge in [-0.05, 0) is 36.4 Å². The Morgan fingerprint density at radius 3 is 2.38 bits per heavy atom. The standard InChI is InChI=1S/C22H26N2O7S/c1-28-18-7-4-16(20(15-18)30-3)5-9-22(25)23-17-6-8-19(29-2)21(14-17)32(26,27)24-10-12-31-13-11-24/h4-9,14-15H,10-13H2,1-3H3,(H,23,25)/b9-5+. The first-order valence-corrected chi connectivity index (χ1v) is 11.3. The molecule has 10 heteroatoms. The molecule has 2 aromatic carbocycles. The lowest BCUT2D eigenvalue weighted by Gasteiger charge is -2.26. The Morgan fingerprint density at radius 1 is 1.00 bits per heavy atom. The summed E-state index contributed by atoms with van der Waals surface area (Å²) < 4.78 is 48.5. The van der Waals surface area contributed by atoms with Crippen molar-refractivity contribution in [2.45, 2.75) is 4.90 Å². The SMILES string of the molecule is COc1ccc(/C=C/C(=O)Nc2ccc(OC)c(S(=O)(=O)N3CCOCC3)c2)c(OC)c1. The molecule has 0 unspecified atom stereocenters. The molecular formula is C22H26N2O7S. The molecule has 0 bridgehead atoms. The van der Waals surface area contributed by atoms with Crippen LogP contribution >= 0.6 is 0 Å². The van der Waals surface area contributed by atoms with Crippen molar-refractivity contribution in [1.29, 1.82) is 0 Å². The topological polar surface area (TPSA) is 103 Å². The van der Waals surface area contributed by atoms with Gasteiger partial charge in [0.2, 0.25) is 15.9 Å². The van der Waals surface area contributed by atoms with Crippen molar-refractivity contribution in [2.24, 2.45) is 0 Å². The lowest BCUT2D eigenvalue weighted by Crippen LogP contribution is -2.40. The highest BCUT2D eigenvalue weighted by atomic mass is 32.2. The highest BCUT2D eigenvalue weighted by molar-refractivity contribution is 7.89. The molecular weight excluding hydrogens is 436 g/mol. The summed E-state index contributed by atoms with van der Waals surface area (Å²) in [6.45, 7) is 1.18. The molecule has 1 N–H and O–H groups in total. The quantitative estimate of drug-likeness (QED) is 0.601. The second-order valence-electron chi connectivity index (χ2n) is 6.81. The Kier molecular flexibility index (Phi) is 7.73. The van der Waals surface area contributed by atoms with Gasteiger partial charge in [-0.3, -0.25) is 4.79 Å². The fourth-order valence-electron chi connectivity index (χ4n) is 3.19. The number of ether oxygens (including phenoxy) is 4. The molecule has 1 amide bonds. The Hall–Kier alpha value is -3.08. The minimum absolute atomic E-state index is 0.0134. The number of nitrogens with one attached hydrogen (secondary N) is 1. The summed E-state index contributed by atoms with van der Waals surface area (Å²) in [6.07, 6.45) is 2.94. The molecule has 9 nitrogen and oxygen atoms in total. The number of sulfonamides is 1. The van der Waals surface area contributed by atoms with Crippen LogP contribution in [-0.4, -0.2) is 66.3 Å². The van der Waals surface area contributed by atoms with Gasteiger partial charge in [0.1, 0.15) is 22.1 Å². The maximum Gasteiger partial charge on any atom is 0.248 e. The molecule has 3 rings (SSSR count). The van der Waals surface area contributed by atoms with Crippen LogP contribution in [0.3, 0.4) is 0 Å². The minimum Gasteiger partial charge on any atom is -0.497 e. The van der Waals surface area contributed by atoms with E-state index in [0.29, 0.717) is 36.0 Å². The zero-order valence-electron chi connectivity index (χ0n) is 18.2. The van der Waals surface area contributed by atoms with E-state index >= 15 is 0 Å². The van der Waals surface area contributed by atoms with Crippen LogP contribution in [0.1, 0.15) is 5.56 Å². The summed E-state index contributed by atoms with van der Waals surface area (Å²) in [5.74, 6) is 0.961. The molecule has 1 saturated heterocycles. The number of anilines is 1. The van der Waals surface area contributed by atoms with Gasteiger partial charge in [0.15, 0.2) is 0 Å². The Morgan fingerprint density at radius 2 is 1.72 bits per heavy atom. The fraction of sp³-hybridized carbons (Fsp3) is 0.318. The number of rotatable bonds is 8. The summed E-state index contributed by atoms with van der Waals surface area (Å²) in [5.41, 5.74) is 1.02. The van der Waals surface area contributed by atoms with Crippen molar-refractivity contribution >= 4 is 27.7 Å². The molecule has 1 heterocycles. The summed E-state index contributed by atoms with van der Waals surface area (Å²) in [7, 11) is 0.680. The molecule has 0 saturated carbocycles. The number of benzene rings is 2. The fourth-order valence-corrected chi connectivity index (χ4v) is 4.78. The Balaban J connectivity index is 1.80. The first-order chi connectivity index (χ1) is 15.4. The second-order valence-corrected chi connectivity index (χ2v) is 8.72. The van der Waals surface area contributed by atoms with Gasteiger partial charge in [-0.1, -0.05) is 0 Å². The minimum atomic E-state index is -3.80. The van der Waals surface area contributed by atoms with E-state index < -0.39 is 15.9 Å². The van der Waals surface area contributed by atoms with E-state index in [1.165, 1.54) is 36.7 Å². The zero-order chi connectivity index (χ0) is 23.1. The molecule has 0 atom stereocenters. The summed E-state index contributed by atoms with van der Waals surface area (Å²) in [5, 5.41) is 2.68. The van der Waals surface area contributed by atoms with Crippen LogP contribution in [0.2, 0.25) is 0 Å². The van der Waals surface area contributed by atoms with Crippen LogP contribution in [0.25, 0.3) is 6.08 Å². The number of amides is 1. The summed E-state index contributed by atoms with van der Waals surface area (Å²) in [6, 6.07) is 9.72. The average molecular weight is 463 g/mol. The van der Waals surface area contributed by atoms with Gasteiger partial charge in [0.25, 0.3) is 0 Å². The van der Waals surface area contributed by atoms with Crippen molar-refractivity contribution in [1.82, 2.24) is 4.31 Å². The number of nitrogens with zero attached hydrogens (tertiary/aromatic N) is 1. The first-order valence-electron chi connectivity index (χ1n) is 9.86. The van der Waals surface area contributed by atoms with Gasteiger partial charge >= 0.3 is 0 Å². The van der Waals surface area contributed by atoms with Crippen LogP contribution in [-0.2, 0) is 19.6 Å². The van der Waals surface area contributed by atoms with Gasteiger partial charge in [-0.25, -0.2) is 8.42 Å². The van der Waals surface area contributed by atoms with Crippen molar-refractivity contribution in [2.75, 3.05) is 52.9 Å². The van der Waals surface area contributed by atoms with Crippen molar-refractivity contribution < 1.29 is 32.2 Å². The third-order valence-corrected chi connectivity index (χ3v) is 6.79. The normalized spacial score (nSPS) is 14.8. The molecule has 1 fully saturated rings. The third kappa shape index (κ3) is 5.39. The highest BCUT2D eigenvalue weighted by Gasteiger charge is 2.29. The molecule has 32 heavy (non-hydrogen) atoms. The van der Waals surface area contributed by atoms with Crippen molar-refractivity contribution in [3.05, 3.63) is 48.0 Å². The van der Waals surface area contributed by atoms with E-state index in [1.807, 2.05) is 0 Å². The second kappa shape index (κ2) is 10.5. The highest BCUT2D eigenvalue weighted by Crippen LogP contribution is 2.30. The van der Waals surface area contributed by atoms with Gasteiger partial charge in [-0.2, -0.15) is 4.31 Å². The predicted octanol–water partition coefficient (Wildman–Crippen LogP) is 2.39. The van der Waals surface area contributed by atoms with Crippen LogP contribution in [0.15, 0.2) is 47.4 Å². The molecule has 0 spiro atoms. The van der Waals surface area contributed by atoms with E-state index in [1.54, 1.807) is 37.5 Å². The summed E-state index contributed by atoms with van der Waals surface area (Å²) in [4.78, 5) is 12.4. The van der Waals surface area contributed by atoms with Crippen LogP contribution < -0.4 is 19.5 Å². The molecule has 172 valence electrons. The van der Waals surface area contributed by atoms with Crippen LogP contribution in [0.5, 0.6) is 17.2 Å². The number of carbonyl (C=O) groups excluding carboxylic acids is 1. The molecule has 2 aromatic rings. The van der Waals surface area contributed by atoms with Gasteiger partial charge < -0.3 is 24.3 Å². The van der Waals surface area contributed by atoms with E-state index in [0.717, 1.165) is 0 Å². The number of hydrogen-bond acceptors (Lipinski definition) is 7. The lowest BCUT2D eigenvalue weighted by atomic mass is 10.1. The molecule has 0 aliphatic carbocycles. The van der Waals surface area contributed by atoms with E-state index in [2.05, 4.69) is 5.32 Å². The van der Waals surface area contributed by atoms with Gasteiger partial charge in [-0.15, -0.1) is 0 Å². The monoisotopic (exact) mass is 462 g/mol. The van der Waals surface area contributed by atoms with Gasteiger partial charge in [0, 0.05) is 36.5 Å². The number of hydrogen-bond donors (Lipinski definition) is 1. The number of carbonyl (C=O) groups is 1.